The van der Waals surface area contributed by atoms with E-state index in [1.165, 1.54) is 19.2 Å². The minimum Gasteiger partial charge on any atom is -0.497 e. The Hall–Kier alpha value is -3.52. The number of rotatable bonds is 10. The average molecular weight is 469 g/mol. The molecule has 0 aromatic heterocycles. The van der Waals surface area contributed by atoms with Crippen molar-refractivity contribution in [2.45, 2.75) is 18.7 Å². The highest BCUT2D eigenvalue weighted by molar-refractivity contribution is 7.92. The summed E-state index contributed by atoms with van der Waals surface area (Å²) in [5.74, 6) is 0.805. The number of hydrogen-bond acceptors (Lipinski definition) is 5. The van der Waals surface area contributed by atoms with Crippen molar-refractivity contribution in [3.63, 3.8) is 0 Å². The van der Waals surface area contributed by atoms with E-state index in [1.807, 2.05) is 32.0 Å². The van der Waals surface area contributed by atoms with Crippen molar-refractivity contribution in [1.29, 1.82) is 0 Å². The van der Waals surface area contributed by atoms with E-state index in [-0.39, 0.29) is 24.6 Å². The summed E-state index contributed by atoms with van der Waals surface area (Å²) in [6.45, 7) is 4.10. The molecule has 1 N–H and O–H groups in total. The summed E-state index contributed by atoms with van der Waals surface area (Å²) >= 11 is 0. The van der Waals surface area contributed by atoms with Crippen molar-refractivity contribution in [2.24, 2.45) is 0 Å². The van der Waals surface area contributed by atoms with Gasteiger partial charge in [-0.3, -0.25) is 9.10 Å². The number of sulfonamides is 1. The first kappa shape index (κ1) is 24.1. The first-order valence-corrected chi connectivity index (χ1v) is 11.9. The normalized spacial score (nSPS) is 11.0. The molecule has 1 amide bonds. The van der Waals surface area contributed by atoms with Crippen LogP contribution in [0.25, 0.3) is 0 Å². The number of carbonyl (C=O) groups excluding carboxylic acids is 1. The van der Waals surface area contributed by atoms with Gasteiger partial charge in [-0.1, -0.05) is 36.4 Å². The number of carbonyl (C=O) groups is 1. The molecule has 174 valence electrons. The Morgan fingerprint density at radius 2 is 1.70 bits per heavy atom. The van der Waals surface area contributed by atoms with Crippen LogP contribution in [-0.2, 0) is 14.8 Å². The van der Waals surface area contributed by atoms with E-state index in [1.54, 1.807) is 42.5 Å². The molecule has 33 heavy (non-hydrogen) atoms. The summed E-state index contributed by atoms with van der Waals surface area (Å²) in [5, 5.41) is 2.74. The van der Waals surface area contributed by atoms with Gasteiger partial charge in [0.1, 0.15) is 24.7 Å². The molecule has 0 aliphatic heterocycles. The van der Waals surface area contributed by atoms with Crippen molar-refractivity contribution in [3.8, 4) is 11.5 Å². The summed E-state index contributed by atoms with van der Waals surface area (Å²) in [6.07, 6.45) is 0. The number of nitrogens with one attached hydrogen (secondary N) is 1. The number of nitrogens with zero attached hydrogens (tertiary/aromatic N) is 1. The zero-order chi connectivity index (χ0) is 23.8. The first-order valence-electron chi connectivity index (χ1n) is 10.5. The number of benzene rings is 3. The predicted octanol–water partition coefficient (Wildman–Crippen LogP) is 3.70. The maximum atomic E-state index is 13.3. The zero-order valence-corrected chi connectivity index (χ0v) is 19.8. The van der Waals surface area contributed by atoms with Gasteiger partial charge in [0, 0.05) is 6.07 Å². The van der Waals surface area contributed by atoms with Gasteiger partial charge in [0.25, 0.3) is 10.0 Å². The molecule has 0 heterocycles. The molecular formula is C25H28N2O5S. The largest absolute Gasteiger partial charge is 0.497 e. The van der Waals surface area contributed by atoms with Crippen LogP contribution in [0.3, 0.4) is 0 Å². The quantitative estimate of drug-likeness (QED) is 0.459. The summed E-state index contributed by atoms with van der Waals surface area (Å²) in [4.78, 5) is 12.8. The molecule has 0 saturated carbocycles. The van der Waals surface area contributed by atoms with Gasteiger partial charge in [-0.15, -0.1) is 0 Å². The standard InChI is InChI=1S/C25H28N2O5S/c1-19-9-7-14-24(20(19)2)32-16-15-26-25(28)18-27(21-10-8-11-22(17-21)31-3)33(29,30)23-12-5-4-6-13-23/h4-14,17H,15-16,18H2,1-3H3,(H,26,28). The monoisotopic (exact) mass is 468 g/mol. The van der Waals surface area contributed by atoms with Crippen LogP contribution >= 0.6 is 0 Å². The highest BCUT2D eigenvalue weighted by Crippen LogP contribution is 2.26. The lowest BCUT2D eigenvalue weighted by Gasteiger charge is -2.24. The molecule has 7 nitrogen and oxygen atoms in total. The van der Waals surface area contributed by atoms with Gasteiger partial charge in [0.15, 0.2) is 0 Å². The van der Waals surface area contributed by atoms with Crippen molar-refractivity contribution < 1.29 is 22.7 Å². The lowest BCUT2D eigenvalue weighted by atomic mass is 10.1. The van der Waals surface area contributed by atoms with Crippen LogP contribution in [0.4, 0.5) is 5.69 Å². The second kappa shape index (κ2) is 10.9. The molecule has 0 bridgehead atoms. The Bertz CT molecular complexity index is 1200. The maximum absolute atomic E-state index is 13.3. The van der Waals surface area contributed by atoms with Crippen molar-refractivity contribution in [3.05, 3.63) is 83.9 Å². The van der Waals surface area contributed by atoms with Crippen LogP contribution < -0.4 is 19.1 Å². The van der Waals surface area contributed by atoms with Crippen LogP contribution in [0.15, 0.2) is 77.7 Å². The van der Waals surface area contributed by atoms with Gasteiger partial charge in [-0.2, -0.15) is 0 Å². The SMILES string of the molecule is COc1cccc(N(CC(=O)NCCOc2cccc(C)c2C)S(=O)(=O)c2ccccc2)c1. The van der Waals surface area contributed by atoms with Crippen LogP contribution in [0, 0.1) is 13.8 Å². The lowest BCUT2D eigenvalue weighted by molar-refractivity contribution is -0.119. The molecule has 3 aromatic rings. The number of aryl methyl sites for hydroxylation is 1. The van der Waals surface area contributed by atoms with Crippen molar-refractivity contribution in [2.75, 3.05) is 31.1 Å². The van der Waals surface area contributed by atoms with Gasteiger partial charge in [-0.05, 0) is 55.3 Å². The summed E-state index contributed by atoms with van der Waals surface area (Å²) in [7, 11) is -2.47. The first-order chi connectivity index (χ1) is 15.8. The molecule has 0 radical (unpaired) electrons. The Labute approximate surface area is 195 Å². The second-order valence-electron chi connectivity index (χ2n) is 7.42. The maximum Gasteiger partial charge on any atom is 0.264 e. The fourth-order valence-electron chi connectivity index (χ4n) is 3.22. The van der Waals surface area contributed by atoms with E-state index < -0.39 is 15.9 Å². The molecular weight excluding hydrogens is 440 g/mol. The average Bonchev–Trinajstić information content (AvgIpc) is 2.83. The summed E-state index contributed by atoms with van der Waals surface area (Å²) in [6, 6.07) is 20.4. The van der Waals surface area contributed by atoms with Gasteiger partial charge < -0.3 is 14.8 Å². The number of ether oxygens (including phenoxy) is 2. The predicted molar refractivity (Wildman–Crippen MR) is 128 cm³/mol. The van der Waals surface area contributed by atoms with Gasteiger partial charge >= 0.3 is 0 Å². The molecule has 3 rings (SSSR count). The minimum absolute atomic E-state index is 0.0962. The van der Waals surface area contributed by atoms with Gasteiger partial charge in [0.2, 0.25) is 5.91 Å². The van der Waals surface area contributed by atoms with E-state index in [0.29, 0.717) is 11.4 Å². The molecule has 0 saturated heterocycles. The van der Waals surface area contributed by atoms with Gasteiger partial charge in [-0.25, -0.2) is 8.42 Å². The number of amides is 1. The number of anilines is 1. The molecule has 0 aliphatic carbocycles. The third-order valence-corrected chi connectivity index (χ3v) is 6.98. The summed E-state index contributed by atoms with van der Waals surface area (Å²) in [5.41, 5.74) is 2.50. The van der Waals surface area contributed by atoms with E-state index in [9.17, 15) is 13.2 Å². The Morgan fingerprint density at radius 1 is 0.970 bits per heavy atom. The topological polar surface area (TPSA) is 84.9 Å². The molecule has 3 aromatic carbocycles. The molecule has 0 aliphatic rings. The van der Waals surface area contributed by atoms with Crippen molar-refractivity contribution >= 4 is 21.6 Å². The lowest BCUT2D eigenvalue weighted by Crippen LogP contribution is -2.41. The smallest absolute Gasteiger partial charge is 0.264 e. The molecule has 8 heteroatoms. The van der Waals surface area contributed by atoms with Crippen LogP contribution in [0.1, 0.15) is 11.1 Å². The Balaban J connectivity index is 1.72. The second-order valence-corrected chi connectivity index (χ2v) is 9.28. The van der Waals surface area contributed by atoms with E-state index >= 15 is 0 Å². The third kappa shape index (κ3) is 6.04. The van der Waals surface area contributed by atoms with E-state index in [4.69, 9.17) is 9.47 Å². The number of hydrogen-bond donors (Lipinski definition) is 1. The zero-order valence-electron chi connectivity index (χ0n) is 18.9. The molecule has 0 spiro atoms. The highest BCUT2D eigenvalue weighted by Gasteiger charge is 2.27. The van der Waals surface area contributed by atoms with Crippen LogP contribution in [0.2, 0.25) is 0 Å². The van der Waals surface area contributed by atoms with Crippen molar-refractivity contribution in [1.82, 2.24) is 5.32 Å². The fourth-order valence-corrected chi connectivity index (χ4v) is 4.65. The molecule has 0 unspecified atom stereocenters. The fraction of sp³-hybridized carbons (Fsp3) is 0.240. The Morgan fingerprint density at radius 3 is 2.42 bits per heavy atom. The minimum atomic E-state index is -3.97. The van der Waals surface area contributed by atoms with Crippen LogP contribution in [0.5, 0.6) is 11.5 Å². The highest BCUT2D eigenvalue weighted by atomic mass is 32.2. The summed E-state index contributed by atoms with van der Waals surface area (Å²) < 4.78 is 38.7. The Kier molecular flexibility index (Phi) is 7.95. The van der Waals surface area contributed by atoms with E-state index in [0.717, 1.165) is 21.2 Å². The molecule has 0 fully saturated rings. The van der Waals surface area contributed by atoms with Gasteiger partial charge in [0.05, 0.1) is 24.2 Å². The number of methoxy groups -OCH3 is 1. The van der Waals surface area contributed by atoms with Crippen LogP contribution in [-0.4, -0.2) is 41.1 Å². The third-order valence-electron chi connectivity index (χ3n) is 5.20. The molecule has 0 atom stereocenters. The van der Waals surface area contributed by atoms with E-state index in [2.05, 4.69) is 5.32 Å².